The normalized spacial score (nSPS) is 20.6. The molecule has 9 nitrogen and oxygen atoms in total. The van der Waals surface area contributed by atoms with Gasteiger partial charge in [-0.2, -0.15) is 0 Å². The fraction of sp³-hybridized carbons (Fsp3) is 0.536. The van der Waals surface area contributed by atoms with Gasteiger partial charge in [0, 0.05) is 50.1 Å². The second-order valence-electron chi connectivity index (χ2n) is 10.1. The van der Waals surface area contributed by atoms with Crippen molar-refractivity contribution in [1.82, 2.24) is 24.8 Å². The minimum absolute atomic E-state index is 0.143. The quantitative estimate of drug-likeness (QED) is 0.602. The van der Waals surface area contributed by atoms with E-state index in [1.165, 1.54) is 49.2 Å². The molecule has 37 heavy (non-hydrogen) atoms. The number of pyridine rings is 1. The van der Waals surface area contributed by atoms with Gasteiger partial charge < -0.3 is 19.6 Å². The van der Waals surface area contributed by atoms with Crippen molar-refractivity contribution in [2.24, 2.45) is 11.8 Å². The molecule has 0 saturated heterocycles. The van der Waals surface area contributed by atoms with E-state index in [0.717, 1.165) is 6.42 Å². The molecular weight excluding hydrogens is 470 g/mol. The van der Waals surface area contributed by atoms with Crippen LogP contribution in [0.5, 0.6) is 5.88 Å². The maximum Gasteiger partial charge on any atom is 0.273 e. The van der Waals surface area contributed by atoms with Crippen molar-refractivity contribution < 1.29 is 19.4 Å². The highest BCUT2D eigenvalue weighted by molar-refractivity contribution is 5.97. The number of amides is 2. The Kier molecular flexibility index (Phi) is 8.72. The number of rotatable bonds is 6. The zero-order valence-corrected chi connectivity index (χ0v) is 21.8. The number of hydrogen-bond donors (Lipinski definition) is 1. The zero-order valence-electron chi connectivity index (χ0n) is 21.8. The highest BCUT2D eigenvalue weighted by atomic mass is 16.5. The summed E-state index contributed by atoms with van der Waals surface area (Å²) in [4.78, 5) is 42.2. The van der Waals surface area contributed by atoms with Gasteiger partial charge in [0.1, 0.15) is 17.4 Å². The predicted octanol–water partition coefficient (Wildman–Crippen LogP) is 2.80. The average molecular weight is 506 g/mol. The largest absolute Gasteiger partial charge is 0.472 e. The van der Waals surface area contributed by atoms with Crippen molar-refractivity contribution in [1.29, 1.82) is 0 Å². The summed E-state index contributed by atoms with van der Waals surface area (Å²) in [6.45, 7) is 4.22. The smallest absolute Gasteiger partial charge is 0.273 e. The summed E-state index contributed by atoms with van der Waals surface area (Å²) in [5.74, 6) is 6.62. The van der Waals surface area contributed by atoms with Crippen molar-refractivity contribution in [2.45, 2.75) is 58.1 Å². The van der Waals surface area contributed by atoms with Crippen molar-refractivity contribution in [3.8, 4) is 17.7 Å². The number of carbonyl (C=O) groups excluding carboxylic acids is 2. The first-order chi connectivity index (χ1) is 17.9. The van der Waals surface area contributed by atoms with Gasteiger partial charge in [0.25, 0.3) is 11.8 Å². The Morgan fingerprint density at radius 2 is 2.05 bits per heavy atom. The molecule has 0 bridgehead atoms. The Morgan fingerprint density at radius 1 is 1.27 bits per heavy atom. The van der Waals surface area contributed by atoms with E-state index in [4.69, 9.17) is 4.74 Å². The van der Waals surface area contributed by atoms with E-state index in [-0.39, 0.29) is 42.5 Å². The van der Waals surface area contributed by atoms with Gasteiger partial charge in [0.05, 0.1) is 25.4 Å². The van der Waals surface area contributed by atoms with Crippen LogP contribution in [0.1, 0.15) is 72.4 Å². The van der Waals surface area contributed by atoms with E-state index in [0.29, 0.717) is 23.6 Å². The Labute approximate surface area is 218 Å². The van der Waals surface area contributed by atoms with Crippen molar-refractivity contribution in [3.63, 3.8) is 0 Å². The molecule has 2 aromatic heterocycles. The minimum Gasteiger partial charge on any atom is -0.472 e. The summed E-state index contributed by atoms with van der Waals surface area (Å²) in [7, 11) is 1.68. The van der Waals surface area contributed by atoms with Crippen molar-refractivity contribution in [3.05, 3.63) is 47.7 Å². The third kappa shape index (κ3) is 6.44. The molecule has 0 aromatic carbocycles. The first-order valence-electron chi connectivity index (χ1n) is 13.0. The Hall–Kier alpha value is -3.51. The molecule has 0 spiro atoms. The molecule has 1 N–H and O–H groups in total. The van der Waals surface area contributed by atoms with Crippen molar-refractivity contribution in [2.75, 3.05) is 26.7 Å². The maximum absolute atomic E-state index is 13.6. The van der Waals surface area contributed by atoms with Crippen LogP contribution in [0.3, 0.4) is 0 Å². The first kappa shape index (κ1) is 26.6. The molecule has 1 saturated carbocycles. The van der Waals surface area contributed by atoms with E-state index < -0.39 is 12.1 Å². The number of aliphatic hydroxyl groups is 1. The molecule has 196 valence electrons. The summed E-state index contributed by atoms with van der Waals surface area (Å²) in [6, 6.07) is 1.34. The SMILES string of the molecule is C[C@H]1CN([C@@H](C)CO)C(=O)c2cc(C#CCC3CCCC3)cnc2O[C@@H]1CN(C)C(=O)c1cnccn1. The highest BCUT2D eigenvalue weighted by Crippen LogP contribution is 2.28. The van der Waals surface area contributed by atoms with Gasteiger partial charge in [-0.15, -0.1) is 0 Å². The summed E-state index contributed by atoms with van der Waals surface area (Å²) >= 11 is 0. The van der Waals surface area contributed by atoms with Gasteiger partial charge in [-0.3, -0.25) is 14.6 Å². The van der Waals surface area contributed by atoms with Crippen molar-refractivity contribution >= 4 is 11.8 Å². The molecule has 3 heterocycles. The number of hydrogen-bond acceptors (Lipinski definition) is 7. The number of ether oxygens (including phenoxy) is 1. The first-order valence-corrected chi connectivity index (χ1v) is 13.0. The lowest BCUT2D eigenvalue weighted by molar-refractivity contribution is 0.0312. The van der Waals surface area contributed by atoms with Gasteiger partial charge in [0.2, 0.25) is 5.88 Å². The van der Waals surface area contributed by atoms with E-state index in [1.807, 2.05) is 13.8 Å². The van der Waals surface area contributed by atoms with Gasteiger partial charge in [0.15, 0.2) is 0 Å². The fourth-order valence-electron chi connectivity index (χ4n) is 4.86. The van der Waals surface area contributed by atoms with Gasteiger partial charge in [-0.25, -0.2) is 9.97 Å². The number of nitrogens with zero attached hydrogens (tertiary/aromatic N) is 5. The molecule has 3 atom stereocenters. The molecule has 2 aromatic rings. The van der Waals surface area contributed by atoms with Crippen LogP contribution in [0.25, 0.3) is 0 Å². The zero-order chi connectivity index (χ0) is 26.4. The number of aliphatic hydroxyl groups excluding tert-OH is 1. The van der Waals surface area contributed by atoms with Crippen LogP contribution < -0.4 is 4.74 Å². The second kappa shape index (κ2) is 12.2. The second-order valence-corrected chi connectivity index (χ2v) is 10.1. The molecule has 9 heteroatoms. The summed E-state index contributed by atoms with van der Waals surface area (Å²) < 4.78 is 6.28. The van der Waals surface area contributed by atoms with Crippen LogP contribution in [0.2, 0.25) is 0 Å². The molecular formula is C28H35N5O4. The third-order valence-electron chi connectivity index (χ3n) is 7.20. The third-order valence-corrected chi connectivity index (χ3v) is 7.20. The minimum atomic E-state index is -0.447. The van der Waals surface area contributed by atoms with Gasteiger partial charge in [-0.1, -0.05) is 31.6 Å². The van der Waals surface area contributed by atoms with Gasteiger partial charge >= 0.3 is 0 Å². The molecule has 0 radical (unpaired) electrons. The predicted molar refractivity (Wildman–Crippen MR) is 138 cm³/mol. The van der Waals surface area contributed by atoms with Crippen LogP contribution >= 0.6 is 0 Å². The van der Waals surface area contributed by atoms with Crippen LogP contribution in [0.4, 0.5) is 0 Å². The Morgan fingerprint density at radius 3 is 2.76 bits per heavy atom. The maximum atomic E-state index is 13.6. The number of fused-ring (bicyclic) bond motifs is 1. The molecule has 1 aliphatic heterocycles. The summed E-state index contributed by atoms with van der Waals surface area (Å²) in [6.07, 6.45) is 11.5. The highest BCUT2D eigenvalue weighted by Gasteiger charge is 2.35. The number of likely N-dealkylation sites (N-methyl/N-ethyl adjacent to an activating group) is 1. The monoisotopic (exact) mass is 505 g/mol. The molecule has 2 amide bonds. The molecule has 1 fully saturated rings. The van der Waals surface area contributed by atoms with E-state index in [1.54, 1.807) is 24.2 Å². The van der Waals surface area contributed by atoms with E-state index in [2.05, 4.69) is 26.8 Å². The van der Waals surface area contributed by atoms with Crippen LogP contribution in [-0.2, 0) is 0 Å². The van der Waals surface area contributed by atoms with Crippen LogP contribution in [-0.4, -0.2) is 80.6 Å². The Balaban J connectivity index is 1.59. The van der Waals surface area contributed by atoms with E-state index >= 15 is 0 Å². The fourth-order valence-corrected chi connectivity index (χ4v) is 4.86. The molecule has 2 aliphatic rings. The lowest BCUT2D eigenvalue weighted by Crippen LogP contribution is -2.50. The number of carbonyl (C=O) groups is 2. The Bertz CT molecular complexity index is 1160. The molecule has 0 unspecified atom stereocenters. The lowest BCUT2D eigenvalue weighted by Gasteiger charge is -2.37. The van der Waals surface area contributed by atoms with E-state index in [9.17, 15) is 14.7 Å². The summed E-state index contributed by atoms with van der Waals surface area (Å²) in [5, 5.41) is 9.86. The van der Waals surface area contributed by atoms with Gasteiger partial charge in [-0.05, 0) is 31.7 Å². The average Bonchev–Trinajstić information content (AvgIpc) is 3.44. The molecule has 4 rings (SSSR count). The standard InChI is InChI=1S/C28H35N5O4/c1-19-16-33(20(2)18-34)27(35)23-13-22(10-6-9-21-7-4-5-8-21)14-31-26(23)37-25(19)17-32(3)28(36)24-15-29-11-12-30-24/h11-15,19-21,25,34H,4-5,7-9,16-18H2,1-3H3/t19-,20-,25+/m0/s1. The lowest BCUT2D eigenvalue weighted by atomic mass is 9.99. The van der Waals surface area contributed by atoms with Crippen LogP contribution in [0, 0.1) is 23.7 Å². The van der Waals surface area contributed by atoms with Crippen LogP contribution in [0.15, 0.2) is 30.9 Å². The summed E-state index contributed by atoms with van der Waals surface area (Å²) in [5.41, 5.74) is 1.21. The number of aromatic nitrogens is 3. The molecule has 1 aliphatic carbocycles. The topological polar surface area (TPSA) is 109 Å².